The van der Waals surface area contributed by atoms with Gasteiger partial charge >= 0.3 is 0 Å². The Hall–Kier alpha value is 0.270. The lowest BCUT2D eigenvalue weighted by Crippen LogP contribution is -1.90. The van der Waals surface area contributed by atoms with Crippen LogP contribution in [0.25, 0.3) is 0 Å². The number of hydrogen-bond acceptors (Lipinski definition) is 3. The van der Waals surface area contributed by atoms with Gasteiger partial charge in [-0.2, -0.15) is 0 Å². The summed E-state index contributed by atoms with van der Waals surface area (Å²) in [6.07, 6.45) is 0. The molecule has 0 saturated heterocycles. The lowest BCUT2D eigenvalue weighted by Gasteiger charge is -1.90. The minimum absolute atomic E-state index is 0.306. The molecule has 0 heterocycles. The van der Waals surface area contributed by atoms with Crippen LogP contribution < -0.4 is 5.14 Å². The monoisotopic (exact) mass is 151 g/mol. The van der Waals surface area contributed by atoms with Crippen LogP contribution in [0.2, 0.25) is 0 Å². The molecule has 58 valence electrons. The Morgan fingerprint density at radius 2 is 1.78 bits per heavy atom. The zero-order valence-electron chi connectivity index (χ0n) is 6.42. The first-order valence-corrected chi connectivity index (χ1v) is 4.16. The second kappa shape index (κ2) is 11.1. The molecule has 0 aliphatic heterocycles. The summed E-state index contributed by atoms with van der Waals surface area (Å²) in [7, 11) is 0. The molecule has 0 amide bonds. The molecule has 0 rings (SSSR count). The van der Waals surface area contributed by atoms with Gasteiger partial charge in [0.2, 0.25) is 0 Å². The highest BCUT2D eigenvalue weighted by molar-refractivity contribution is 7.97. The Morgan fingerprint density at radius 1 is 1.56 bits per heavy atom. The van der Waals surface area contributed by atoms with E-state index in [0.29, 0.717) is 12.5 Å². The maximum absolute atomic E-state index is 8.14. The van der Waals surface area contributed by atoms with Gasteiger partial charge < -0.3 is 5.11 Å². The van der Waals surface area contributed by atoms with Crippen LogP contribution in [0, 0.1) is 5.92 Å². The van der Waals surface area contributed by atoms with Crippen molar-refractivity contribution in [2.75, 3.05) is 12.4 Å². The number of aliphatic hydroxyl groups excluding tert-OH is 1. The van der Waals surface area contributed by atoms with E-state index >= 15 is 0 Å². The highest BCUT2D eigenvalue weighted by Crippen LogP contribution is 1.83. The minimum atomic E-state index is 0.306. The van der Waals surface area contributed by atoms with E-state index in [9.17, 15) is 0 Å². The average Bonchev–Trinajstić information content (AvgIpc) is 1.89. The quantitative estimate of drug-likeness (QED) is 0.584. The second-order valence-corrected chi connectivity index (χ2v) is 2.94. The molecular formula is C6H17NOS. The van der Waals surface area contributed by atoms with Gasteiger partial charge in [0.25, 0.3) is 0 Å². The molecule has 0 aromatic rings. The lowest BCUT2D eigenvalue weighted by atomic mass is 10.2. The van der Waals surface area contributed by atoms with E-state index in [1.165, 1.54) is 11.9 Å². The molecule has 0 spiro atoms. The van der Waals surface area contributed by atoms with Crippen LogP contribution >= 0.6 is 11.9 Å². The predicted molar refractivity (Wildman–Crippen MR) is 44.2 cm³/mol. The van der Waals surface area contributed by atoms with E-state index in [1.54, 1.807) is 0 Å². The van der Waals surface area contributed by atoms with Gasteiger partial charge in [0.05, 0.1) is 0 Å². The summed E-state index contributed by atoms with van der Waals surface area (Å²) < 4.78 is 0. The Balaban J connectivity index is 0. The van der Waals surface area contributed by atoms with Crippen LogP contribution in [0.4, 0.5) is 0 Å². The third-order valence-electron chi connectivity index (χ3n) is 0.532. The van der Waals surface area contributed by atoms with E-state index in [0.717, 1.165) is 5.75 Å². The van der Waals surface area contributed by atoms with Gasteiger partial charge in [0.1, 0.15) is 0 Å². The van der Waals surface area contributed by atoms with Gasteiger partial charge in [-0.05, 0) is 5.92 Å². The van der Waals surface area contributed by atoms with Gasteiger partial charge in [-0.3, -0.25) is 5.14 Å². The second-order valence-electron chi connectivity index (χ2n) is 2.03. The van der Waals surface area contributed by atoms with Crippen molar-refractivity contribution in [1.82, 2.24) is 0 Å². The molecular weight excluding hydrogens is 134 g/mol. The minimum Gasteiger partial charge on any atom is -0.396 e. The van der Waals surface area contributed by atoms with Crippen molar-refractivity contribution in [3.05, 3.63) is 0 Å². The van der Waals surface area contributed by atoms with E-state index in [1.807, 2.05) is 20.8 Å². The zero-order valence-corrected chi connectivity index (χ0v) is 7.24. The Labute approximate surface area is 62.0 Å². The molecule has 3 N–H and O–H groups in total. The first-order valence-electron chi connectivity index (χ1n) is 3.11. The molecule has 0 aliphatic rings. The van der Waals surface area contributed by atoms with Gasteiger partial charge in [-0.25, -0.2) is 0 Å². The number of rotatable bonds is 2. The maximum atomic E-state index is 8.14. The summed E-state index contributed by atoms with van der Waals surface area (Å²) >= 11 is 1.36. The Kier molecular flexibility index (Phi) is 14.8. The fraction of sp³-hybridized carbons (Fsp3) is 1.00. The summed E-state index contributed by atoms with van der Waals surface area (Å²) in [5.41, 5.74) is 0. The van der Waals surface area contributed by atoms with Crippen molar-refractivity contribution >= 4 is 11.9 Å². The van der Waals surface area contributed by atoms with Crippen LogP contribution in [0.15, 0.2) is 0 Å². The fourth-order valence-corrected chi connectivity index (χ4v) is 0. The van der Waals surface area contributed by atoms with Crippen molar-refractivity contribution in [2.45, 2.75) is 20.8 Å². The fourth-order valence-electron chi connectivity index (χ4n) is 0. The summed E-state index contributed by atoms with van der Waals surface area (Å²) in [5.74, 6) is 1.45. The third kappa shape index (κ3) is 30.4. The van der Waals surface area contributed by atoms with E-state index in [4.69, 9.17) is 10.2 Å². The maximum Gasteiger partial charge on any atom is 0.0453 e. The van der Waals surface area contributed by atoms with Crippen LogP contribution in [0.5, 0.6) is 0 Å². The predicted octanol–water partition coefficient (Wildman–Crippen LogP) is 1.25. The van der Waals surface area contributed by atoms with Gasteiger partial charge in [-0.15, -0.1) is 0 Å². The Bertz CT molecular complexity index is 40.0. The first-order chi connectivity index (χ1) is 4.18. The largest absolute Gasteiger partial charge is 0.396 e. The molecule has 9 heavy (non-hydrogen) atoms. The lowest BCUT2D eigenvalue weighted by molar-refractivity contribution is 0.248. The SMILES string of the molecule is CC(C)CO.CCSN. The highest BCUT2D eigenvalue weighted by Gasteiger charge is 1.81. The molecule has 0 bridgehead atoms. The summed E-state index contributed by atoms with van der Waals surface area (Å²) in [6.45, 7) is 6.27. The number of nitrogens with two attached hydrogens (primary N) is 1. The summed E-state index contributed by atoms with van der Waals surface area (Å²) in [6, 6.07) is 0. The molecule has 2 nitrogen and oxygen atoms in total. The summed E-state index contributed by atoms with van der Waals surface area (Å²) in [5, 5.41) is 13.1. The molecule has 0 aromatic carbocycles. The summed E-state index contributed by atoms with van der Waals surface area (Å²) in [4.78, 5) is 0. The molecule has 3 heteroatoms. The molecule has 0 unspecified atom stereocenters. The first kappa shape index (κ1) is 12.0. The van der Waals surface area contributed by atoms with Gasteiger partial charge in [0, 0.05) is 12.4 Å². The van der Waals surface area contributed by atoms with Gasteiger partial charge in [0.15, 0.2) is 0 Å². The van der Waals surface area contributed by atoms with Crippen molar-refractivity contribution in [3.63, 3.8) is 0 Å². The van der Waals surface area contributed by atoms with Crippen molar-refractivity contribution < 1.29 is 5.11 Å². The topological polar surface area (TPSA) is 46.2 Å². The number of aliphatic hydroxyl groups is 1. The third-order valence-corrected chi connectivity index (χ3v) is 0.865. The van der Waals surface area contributed by atoms with Crippen LogP contribution in [0.3, 0.4) is 0 Å². The molecule has 0 radical (unpaired) electrons. The molecule has 0 atom stereocenters. The number of hydrogen-bond donors (Lipinski definition) is 2. The zero-order chi connectivity index (χ0) is 7.70. The van der Waals surface area contributed by atoms with E-state index in [-0.39, 0.29) is 0 Å². The highest BCUT2D eigenvalue weighted by atomic mass is 32.2. The van der Waals surface area contributed by atoms with Crippen LogP contribution in [0.1, 0.15) is 20.8 Å². The molecule has 0 fully saturated rings. The van der Waals surface area contributed by atoms with Crippen LogP contribution in [-0.4, -0.2) is 17.5 Å². The van der Waals surface area contributed by atoms with Gasteiger partial charge in [-0.1, -0.05) is 32.7 Å². The Morgan fingerprint density at radius 3 is 1.78 bits per heavy atom. The van der Waals surface area contributed by atoms with E-state index < -0.39 is 0 Å². The molecule has 0 aromatic heterocycles. The standard InChI is InChI=1S/C4H10O.C2H7NS/c1-4(2)3-5;1-2-4-3/h4-5H,3H2,1-2H3;2-3H2,1H3. The molecule has 0 saturated carbocycles. The van der Waals surface area contributed by atoms with Crippen molar-refractivity contribution in [1.29, 1.82) is 0 Å². The van der Waals surface area contributed by atoms with Crippen LogP contribution in [-0.2, 0) is 0 Å². The average molecular weight is 151 g/mol. The van der Waals surface area contributed by atoms with E-state index in [2.05, 4.69) is 0 Å². The molecule has 0 aliphatic carbocycles. The smallest absolute Gasteiger partial charge is 0.0453 e. The van der Waals surface area contributed by atoms with Crippen molar-refractivity contribution in [2.24, 2.45) is 11.1 Å². The normalized spacial score (nSPS) is 8.67. The van der Waals surface area contributed by atoms with Crippen molar-refractivity contribution in [3.8, 4) is 0 Å².